The number of ether oxygens (including phenoxy) is 1. The molecule has 1 N–H and O–H groups in total. The van der Waals surface area contributed by atoms with Gasteiger partial charge in [-0.25, -0.2) is 0 Å². The summed E-state index contributed by atoms with van der Waals surface area (Å²) < 4.78 is 5.14. The summed E-state index contributed by atoms with van der Waals surface area (Å²) >= 11 is 0. The summed E-state index contributed by atoms with van der Waals surface area (Å²) in [7, 11) is 1.62. The number of methoxy groups -OCH3 is 1. The third-order valence-corrected chi connectivity index (χ3v) is 2.89. The van der Waals surface area contributed by atoms with Crippen LogP contribution in [0.15, 0.2) is 24.3 Å². The highest BCUT2D eigenvalue weighted by molar-refractivity contribution is 5.97. The van der Waals surface area contributed by atoms with Crippen molar-refractivity contribution in [1.82, 2.24) is 5.32 Å². The number of imide groups is 1. The van der Waals surface area contributed by atoms with E-state index < -0.39 is 0 Å². The average Bonchev–Trinajstić information content (AvgIpc) is 2.28. The quantitative estimate of drug-likeness (QED) is 0.800. The highest BCUT2D eigenvalue weighted by atomic mass is 16.5. The fourth-order valence-corrected chi connectivity index (χ4v) is 2.13. The molecule has 1 aliphatic rings. The molecule has 1 fully saturated rings. The zero-order chi connectivity index (χ0) is 12.3. The normalized spacial score (nSPS) is 16.8. The van der Waals surface area contributed by atoms with Gasteiger partial charge in [0, 0.05) is 12.8 Å². The molecule has 2 amide bonds. The maximum atomic E-state index is 11.2. The summed E-state index contributed by atoms with van der Waals surface area (Å²) in [5.41, 5.74) is 1.09. The number of carbonyl (C=O) groups is 2. The molecule has 1 aliphatic heterocycles. The van der Waals surface area contributed by atoms with Crippen molar-refractivity contribution in [2.45, 2.75) is 19.3 Å². The predicted octanol–water partition coefficient (Wildman–Crippen LogP) is 1.29. The third-order valence-electron chi connectivity index (χ3n) is 2.89. The standard InChI is InChI=1S/C13H15NO3/c1-17-11-4-2-3-9(6-11)5-10-7-12(15)14-13(16)8-10/h2-4,6,10H,5,7-8H2,1H3,(H,14,15,16). The SMILES string of the molecule is COc1cccc(CC2CC(=O)NC(=O)C2)c1. The molecule has 1 heterocycles. The summed E-state index contributed by atoms with van der Waals surface area (Å²) in [5.74, 6) is 0.556. The van der Waals surface area contributed by atoms with Crippen molar-refractivity contribution < 1.29 is 14.3 Å². The van der Waals surface area contributed by atoms with Gasteiger partial charge in [-0.05, 0) is 30.0 Å². The van der Waals surface area contributed by atoms with E-state index >= 15 is 0 Å². The minimum absolute atomic E-state index is 0.100. The molecule has 1 aromatic carbocycles. The smallest absolute Gasteiger partial charge is 0.226 e. The summed E-state index contributed by atoms with van der Waals surface area (Å²) in [6.07, 6.45) is 1.57. The number of hydrogen-bond donors (Lipinski definition) is 1. The van der Waals surface area contributed by atoms with Gasteiger partial charge < -0.3 is 4.74 Å². The Morgan fingerprint density at radius 1 is 1.29 bits per heavy atom. The maximum absolute atomic E-state index is 11.2. The van der Waals surface area contributed by atoms with E-state index in [1.165, 1.54) is 0 Å². The van der Waals surface area contributed by atoms with Crippen molar-refractivity contribution in [1.29, 1.82) is 0 Å². The second-order valence-electron chi connectivity index (χ2n) is 4.30. The highest BCUT2D eigenvalue weighted by Crippen LogP contribution is 2.21. The van der Waals surface area contributed by atoms with Crippen LogP contribution >= 0.6 is 0 Å². The summed E-state index contributed by atoms with van der Waals surface area (Å²) in [4.78, 5) is 22.5. The Balaban J connectivity index is 2.04. The zero-order valence-electron chi connectivity index (χ0n) is 9.73. The molecule has 0 spiro atoms. The molecule has 90 valence electrons. The number of piperidine rings is 1. The van der Waals surface area contributed by atoms with Crippen molar-refractivity contribution in [3.63, 3.8) is 0 Å². The van der Waals surface area contributed by atoms with Crippen LogP contribution in [0.4, 0.5) is 0 Å². The monoisotopic (exact) mass is 233 g/mol. The molecule has 0 unspecified atom stereocenters. The number of carbonyl (C=O) groups excluding carboxylic acids is 2. The lowest BCUT2D eigenvalue weighted by molar-refractivity contribution is -0.134. The first-order valence-electron chi connectivity index (χ1n) is 5.63. The Morgan fingerprint density at radius 2 is 2.00 bits per heavy atom. The summed E-state index contributed by atoms with van der Waals surface area (Å²) in [5, 5.41) is 2.32. The molecule has 1 saturated heterocycles. The second kappa shape index (κ2) is 4.99. The molecule has 4 heteroatoms. The minimum atomic E-state index is -0.172. The van der Waals surface area contributed by atoms with E-state index in [1.807, 2.05) is 24.3 Å². The Morgan fingerprint density at radius 3 is 2.65 bits per heavy atom. The Bertz CT molecular complexity index is 426. The molecular weight excluding hydrogens is 218 g/mol. The first kappa shape index (κ1) is 11.6. The van der Waals surface area contributed by atoms with Gasteiger partial charge in [-0.2, -0.15) is 0 Å². The fraction of sp³-hybridized carbons (Fsp3) is 0.385. The lowest BCUT2D eigenvalue weighted by Gasteiger charge is -2.20. The molecule has 0 saturated carbocycles. The zero-order valence-corrected chi connectivity index (χ0v) is 9.73. The first-order valence-corrected chi connectivity index (χ1v) is 5.63. The summed E-state index contributed by atoms with van der Waals surface area (Å²) in [6, 6.07) is 7.72. The largest absolute Gasteiger partial charge is 0.497 e. The molecule has 0 radical (unpaired) electrons. The van der Waals surface area contributed by atoms with Gasteiger partial charge in [0.15, 0.2) is 0 Å². The first-order chi connectivity index (χ1) is 8.17. The van der Waals surface area contributed by atoms with Crippen LogP contribution in [-0.4, -0.2) is 18.9 Å². The lowest BCUT2D eigenvalue weighted by atomic mass is 9.90. The van der Waals surface area contributed by atoms with E-state index in [4.69, 9.17) is 4.74 Å². The van der Waals surface area contributed by atoms with Crippen molar-refractivity contribution in [2.24, 2.45) is 5.92 Å². The van der Waals surface area contributed by atoms with E-state index in [0.717, 1.165) is 17.7 Å². The lowest BCUT2D eigenvalue weighted by Crippen LogP contribution is -2.39. The van der Waals surface area contributed by atoms with Gasteiger partial charge in [0.1, 0.15) is 5.75 Å². The van der Waals surface area contributed by atoms with Crippen LogP contribution in [0.2, 0.25) is 0 Å². The molecule has 17 heavy (non-hydrogen) atoms. The average molecular weight is 233 g/mol. The van der Waals surface area contributed by atoms with Crippen LogP contribution in [0.3, 0.4) is 0 Å². The van der Waals surface area contributed by atoms with Gasteiger partial charge in [-0.3, -0.25) is 14.9 Å². The number of benzene rings is 1. The molecule has 0 bridgehead atoms. The van der Waals surface area contributed by atoms with E-state index in [2.05, 4.69) is 5.32 Å². The molecule has 2 rings (SSSR count). The van der Waals surface area contributed by atoms with Crippen LogP contribution in [0, 0.1) is 5.92 Å². The number of nitrogens with one attached hydrogen (secondary N) is 1. The molecule has 0 aliphatic carbocycles. The van der Waals surface area contributed by atoms with Crippen molar-refractivity contribution in [3.05, 3.63) is 29.8 Å². The van der Waals surface area contributed by atoms with Crippen LogP contribution in [0.5, 0.6) is 5.75 Å². The van der Waals surface area contributed by atoms with Crippen LogP contribution in [-0.2, 0) is 16.0 Å². The van der Waals surface area contributed by atoms with E-state index in [0.29, 0.717) is 12.8 Å². The van der Waals surface area contributed by atoms with Crippen molar-refractivity contribution >= 4 is 11.8 Å². The molecule has 1 aromatic rings. The predicted molar refractivity (Wildman–Crippen MR) is 62.6 cm³/mol. The van der Waals surface area contributed by atoms with E-state index in [-0.39, 0.29) is 17.7 Å². The molecular formula is C13H15NO3. The molecule has 4 nitrogen and oxygen atoms in total. The Hall–Kier alpha value is -1.84. The summed E-state index contributed by atoms with van der Waals surface area (Å²) in [6.45, 7) is 0. The number of amides is 2. The van der Waals surface area contributed by atoms with E-state index in [9.17, 15) is 9.59 Å². The van der Waals surface area contributed by atoms with E-state index in [1.54, 1.807) is 7.11 Å². The number of rotatable bonds is 3. The van der Waals surface area contributed by atoms with Gasteiger partial charge in [0.2, 0.25) is 11.8 Å². The van der Waals surface area contributed by atoms with Gasteiger partial charge in [-0.1, -0.05) is 12.1 Å². The topological polar surface area (TPSA) is 55.4 Å². The molecule has 0 atom stereocenters. The minimum Gasteiger partial charge on any atom is -0.497 e. The highest BCUT2D eigenvalue weighted by Gasteiger charge is 2.24. The van der Waals surface area contributed by atoms with Crippen LogP contribution < -0.4 is 10.1 Å². The fourth-order valence-electron chi connectivity index (χ4n) is 2.13. The molecule has 0 aromatic heterocycles. The van der Waals surface area contributed by atoms with Crippen LogP contribution in [0.1, 0.15) is 18.4 Å². The van der Waals surface area contributed by atoms with Gasteiger partial charge >= 0.3 is 0 Å². The number of hydrogen-bond acceptors (Lipinski definition) is 3. The van der Waals surface area contributed by atoms with Gasteiger partial charge in [0.25, 0.3) is 0 Å². The van der Waals surface area contributed by atoms with Gasteiger partial charge in [0.05, 0.1) is 7.11 Å². The second-order valence-corrected chi connectivity index (χ2v) is 4.30. The third kappa shape index (κ3) is 3.06. The van der Waals surface area contributed by atoms with Crippen LogP contribution in [0.25, 0.3) is 0 Å². The maximum Gasteiger partial charge on any atom is 0.226 e. The Labute approximate surface area is 100.0 Å². The Kier molecular flexibility index (Phi) is 3.42. The van der Waals surface area contributed by atoms with Crippen molar-refractivity contribution in [2.75, 3.05) is 7.11 Å². The van der Waals surface area contributed by atoms with Crippen molar-refractivity contribution in [3.8, 4) is 5.75 Å². The van der Waals surface area contributed by atoms with Gasteiger partial charge in [-0.15, -0.1) is 0 Å².